The van der Waals surface area contributed by atoms with Gasteiger partial charge in [-0.3, -0.25) is 4.72 Å². The van der Waals surface area contributed by atoms with Gasteiger partial charge < -0.3 is 10.6 Å². The number of anilines is 2. The predicted molar refractivity (Wildman–Crippen MR) is 83.6 cm³/mol. The van der Waals surface area contributed by atoms with Gasteiger partial charge in [0.1, 0.15) is 0 Å². The topological polar surface area (TPSA) is 70.2 Å². The molecular formula is C14H23N3O2S. The first-order chi connectivity index (χ1) is 9.59. The Morgan fingerprint density at radius 1 is 1.25 bits per heavy atom. The molecule has 20 heavy (non-hydrogen) atoms. The molecule has 1 aromatic rings. The van der Waals surface area contributed by atoms with Crippen LogP contribution in [0.5, 0.6) is 0 Å². The summed E-state index contributed by atoms with van der Waals surface area (Å²) in [6, 6.07) is 7.39. The number of hydrogen-bond acceptors (Lipinski definition) is 4. The first kappa shape index (κ1) is 15.1. The Labute approximate surface area is 121 Å². The average molecular weight is 297 g/mol. The van der Waals surface area contributed by atoms with Crippen molar-refractivity contribution < 1.29 is 8.42 Å². The summed E-state index contributed by atoms with van der Waals surface area (Å²) in [6.07, 6.45) is 2.50. The van der Waals surface area contributed by atoms with Crippen molar-refractivity contribution >= 4 is 21.4 Å². The largest absolute Gasteiger partial charge is 0.385 e. The highest BCUT2D eigenvalue weighted by Gasteiger charge is 2.12. The van der Waals surface area contributed by atoms with E-state index in [4.69, 9.17) is 0 Å². The van der Waals surface area contributed by atoms with Crippen molar-refractivity contribution in [2.45, 2.75) is 19.8 Å². The van der Waals surface area contributed by atoms with E-state index in [0.717, 1.165) is 25.3 Å². The average Bonchev–Trinajstić information content (AvgIpc) is 2.47. The van der Waals surface area contributed by atoms with Gasteiger partial charge >= 0.3 is 0 Å². The summed E-state index contributed by atoms with van der Waals surface area (Å²) in [5.41, 5.74) is 1.63. The lowest BCUT2D eigenvalue weighted by atomic mass is 10.00. The van der Waals surface area contributed by atoms with Crippen LogP contribution in [0.1, 0.15) is 19.8 Å². The first-order valence-electron chi connectivity index (χ1n) is 7.14. The zero-order valence-corrected chi connectivity index (χ0v) is 12.7. The summed E-state index contributed by atoms with van der Waals surface area (Å²) < 4.78 is 25.4. The predicted octanol–water partition coefficient (Wildman–Crippen LogP) is 1.86. The van der Waals surface area contributed by atoms with Crippen LogP contribution in [0.15, 0.2) is 24.3 Å². The molecule has 0 radical (unpaired) electrons. The maximum Gasteiger partial charge on any atom is 0.232 e. The normalized spacial score (nSPS) is 19.6. The molecule has 1 fully saturated rings. The molecule has 0 aromatic heterocycles. The Hall–Kier alpha value is -1.27. The van der Waals surface area contributed by atoms with Crippen LogP contribution in [-0.2, 0) is 10.0 Å². The molecule has 0 aliphatic carbocycles. The second-order valence-corrected chi connectivity index (χ2v) is 7.19. The Morgan fingerprint density at radius 3 is 2.55 bits per heavy atom. The number of rotatable bonds is 6. The fourth-order valence-corrected chi connectivity index (χ4v) is 2.91. The van der Waals surface area contributed by atoms with Crippen molar-refractivity contribution in [1.29, 1.82) is 0 Å². The monoisotopic (exact) mass is 297 g/mol. The summed E-state index contributed by atoms with van der Waals surface area (Å²) in [4.78, 5) is 0. The van der Waals surface area contributed by atoms with Crippen molar-refractivity contribution in [3.05, 3.63) is 24.3 Å². The molecule has 1 heterocycles. The molecule has 0 saturated carbocycles. The van der Waals surface area contributed by atoms with Crippen LogP contribution in [0, 0.1) is 5.92 Å². The molecule has 1 unspecified atom stereocenters. The molecule has 1 aliphatic rings. The molecule has 1 aromatic carbocycles. The number of hydrogen-bond donors (Lipinski definition) is 3. The highest BCUT2D eigenvalue weighted by atomic mass is 32.2. The van der Waals surface area contributed by atoms with Gasteiger partial charge in [-0.2, -0.15) is 0 Å². The Kier molecular flexibility index (Phi) is 5.25. The zero-order chi connectivity index (χ0) is 14.4. The van der Waals surface area contributed by atoms with Gasteiger partial charge in [-0.1, -0.05) is 0 Å². The lowest BCUT2D eigenvalue weighted by Crippen LogP contribution is -2.33. The minimum absolute atomic E-state index is 0.0850. The Morgan fingerprint density at radius 2 is 1.95 bits per heavy atom. The quantitative estimate of drug-likeness (QED) is 0.749. The van der Waals surface area contributed by atoms with Gasteiger partial charge in [0, 0.05) is 17.9 Å². The molecule has 1 saturated heterocycles. The smallest absolute Gasteiger partial charge is 0.232 e. The van der Waals surface area contributed by atoms with E-state index >= 15 is 0 Å². The van der Waals surface area contributed by atoms with E-state index in [-0.39, 0.29) is 5.75 Å². The van der Waals surface area contributed by atoms with E-state index in [1.165, 1.54) is 12.8 Å². The summed E-state index contributed by atoms with van der Waals surface area (Å²) in [5, 5.41) is 6.80. The van der Waals surface area contributed by atoms with Crippen molar-refractivity contribution in [3.63, 3.8) is 0 Å². The van der Waals surface area contributed by atoms with Crippen molar-refractivity contribution in [3.8, 4) is 0 Å². The zero-order valence-electron chi connectivity index (χ0n) is 11.9. The molecule has 112 valence electrons. The lowest BCUT2D eigenvalue weighted by Gasteiger charge is -2.23. The number of piperidine rings is 1. The van der Waals surface area contributed by atoms with Crippen molar-refractivity contribution in [2.75, 3.05) is 35.4 Å². The minimum Gasteiger partial charge on any atom is -0.385 e. The minimum atomic E-state index is -3.19. The van der Waals surface area contributed by atoms with Crippen LogP contribution in [0.3, 0.4) is 0 Å². The third-order valence-corrected chi connectivity index (χ3v) is 4.84. The molecular weight excluding hydrogens is 274 g/mol. The third kappa shape index (κ3) is 4.68. The first-order valence-corrected chi connectivity index (χ1v) is 8.79. The standard InChI is InChI=1S/C14H23N3O2S/c1-2-20(18,19)17-14-7-5-13(6-8-14)16-11-12-4-3-9-15-10-12/h5-8,12,15-17H,2-4,9-11H2,1H3. The molecule has 5 nitrogen and oxygen atoms in total. The van der Waals surface area contributed by atoms with Crippen LogP contribution >= 0.6 is 0 Å². The molecule has 0 amide bonds. The molecule has 1 aliphatic heterocycles. The van der Waals surface area contributed by atoms with E-state index in [1.54, 1.807) is 19.1 Å². The molecule has 1 atom stereocenters. The van der Waals surface area contributed by atoms with Crippen molar-refractivity contribution in [1.82, 2.24) is 5.32 Å². The lowest BCUT2D eigenvalue weighted by molar-refractivity contribution is 0.393. The van der Waals surface area contributed by atoms with Gasteiger partial charge in [-0.25, -0.2) is 8.42 Å². The van der Waals surface area contributed by atoms with E-state index in [0.29, 0.717) is 11.6 Å². The SMILES string of the molecule is CCS(=O)(=O)Nc1ccc(NCC2CCCNC2)cc1. The fourth-order valence-electron chi connectivity index (χ4n) is 2.27. The van der Waals surface area contributed by atoms with E-state index in [9.17, 15) is 8.42 Å². The van der Waals surface area contributed by atoms with Crippen LogP contribution < -0.4 is 15.4 Å². The second-order valence-electron chi connectivity index (χ2n) is 5.18. The van der Waals surface area contributed by atoms with Gasteiger partial charge in [0.25, 0.3) is 0 Å². The summed E-state index contributed by atoms with van der Waals surface area (Å²) >= 11 is 0. The van der Waals surface area contributed by atoms with E-state index < -0.39 is 10.0 Å². The Balaban J connectivity index is 1.85. The third-order valence-electron chi connectivity index (χ3n) is 3.53. The molecule has 3 N–H and O–H groups in total. The van der Waals surface area contributed by atoms with Gasteiger partial charge in [-0.05, 0) is 63.0 Å². The molecule has 0 bridgehead atoms. The van der Waals surface area contributed by atoms with Gasteiger partial charge in [-0.15, -0.1) is 0 Å². The van der Waals surface area contributed by atoms with E-state index in [2.05, 4.69) is 15.4 Å². The van der Waals surface area contributed by atoms with Gasteiger partial charge in [0.05, 0.1) is 5.75 Å². The molecule has 6 heteroatoms. The van der Waals surface area contributed by atoms with Gasteiger partial charge in [0.15, 0.2) is 0 Å². The van der Waals surface area contributed by atoms with Crippen molar-refractivity contribution in [2.24, 2.45) is 5.92 Å². The summed E-state index contributed by atoms with van der Waals surface area (Å²) in [6.45, 7) is 4.77. The summed E-state index contributed by atoms with van der Waals surface area (Å²) in [5.74, 6) is 0.754. The molecule has 2 rings (SSSR count). The van der Waals surface area contributed by atoms with Gasteiger partial charge in [0.2, 0.25) is 10.0 Å². The summed E-state index contributed by atoms with van der Waals surface area (Å²) in [7, 11) is -3.19. The highest BCUT2D eigenvalue weighted by Crippen LogP contribution is 2.16. The van der Waals surface area contributed by atoms with E-state index in [1.807, 2.05) is 12.1 Å². The Bertz CT molecular complexity index is 508. The van der Waals surface area contributed by atoms with Crippen LogP contribution in [0.25, 0.3) is 0 Å². The fraction of sp³-hybridized carbons (Fsp3) is 0.571. The number of nitrogens with one attached hydrogen (secondary N) is 3. The molecule has 0 spiro atoms. The maximum absolute atomic E-state index is 11.5. The van der Waals surface area contributed by atoms with Crippen LogP contribution in [0.2, 0.25) is 0 Å². The second kappa shape index (κ2) is 6.95. The number of sulfonamides is 1. The maximum atomic E-state index is 11.5. The number of benzene rings is 1. The van der Waals surface area contributed by atoms with Crippen LogP contribution in [-0.4, -0.2) is 33.8 Å². The van der Waals surface area contributed by atoms with Crippen LogP contribution in [0.4, 0.5) is 11.4 Å². The highest BCUT2D eigenvalue weighted by molar-refractivity contribution is 7.92.